The Morgan fingerprint density at radius 2 is 1.70 bits per heavy atom. The SMILES string of the molecule is Cc1cccc(OCC(=O)N(Cc2ccc(Cl)cc2Cl)[C@@H](Cc2ccccc2)C(=O)NCC(C)C)c1C. The maximum atomic E-state index is 13.7. The van der Waals surface area contributed by atoms with Crippen LogP contribution in [0.2, 0.25) is 10.0 Å². The molecular formula is C30H34Cl2N2O3. The van der Waals surface area contributed by atoms with E-state index in [-0.39, 0.29) is 30.9 Å². The average molecular weight is 542 g/mol. The Bertz CT molecular complexity index is 1210. The number of nitrogens with zero attached hydrogens (tertiary/aromatic N) is 1. The first-order chi connectivity index (χ1) is 17.7. The molecule has 37 heavy (non-hydrogen) atoms. The van der Waals surface area contributed by atoms with Crippen molar-refractivity contribution in [2.24, 2.45) is 5.92 Å². The second-order valence-electron chi connectivity index (χ2n) is 9.59. The molecule has 3 aromatic rings. The molecule has 5 nitrogen and oxygen atoms in total. The number of hydrogen-bond acceptors (Lipinski definition) is 3. The fourth-order valence-corrected chi connectivity index (χ4v) is 4.38. The molecule has 196 valence electrons. The third-order valence-electron chi connectivity index (χ3n) is 6.22. The summed E-state index contributed by atoms with van der Waals surface area (Å²) < 4.78 is 5.95. The first-order valence-corrected chi connectivity index (χ1v) is 13.1. The van der Waals surface area contributed by atoms with Crippen molar-refractivity contribution in [3.63, 3.8) is 0 Å². The highest BCUT2D eigenvalue weighted by Crippen LogP contribution is 2.25. The predicted molar refractivity (Wildman–Crippen MR) is 150 cm³/mol. The molecule has 1 atom stereocenters. The molecule has 0 aliphatic carbocycles. The van der Waals surface area contributed by atoms with E-state index in [1.54, 1.807) is 23.1 Å². The summed E-state index contributed by atoms with van der Waals surface area (Å²) in [5.41, 5.74) is 3.69. The van der Waals surface area contributed by atoms with Crippen molar-refractivity contribution < 1.29 is 14.3 Å². The van der Waals surface area contributed by atoms with Crippen LogP contribution in [0.3, 0.4) is 0 Å². The number of carbonyl (C=O) groups is 2. The number of nitrogens with one attached hydrogen (secondary N) is 1. The number of benzene rings is 3. The summed E-state index contributed by atoms with van der Waals surface area (Å²) in [5, 5.41) is 3.94. The predicted octanol–water partition coefficient (Wildman–Crippen LogP) is 6.40. The van der Waals surface area contributed by atoms with Gasteiger partial charge in [-0.25, -0.2) is 0 Å². The summed E-state index contributed by atoms with van der Waals surface area (Å²) in [4.78, 5) is 28.8. The quantitative estimate of drug-likeness (QED) is 0.306. The zero-order chi connectivity index (χ0) is 26.9. The molecule has 2 amide bonds. The maximum Gasteiger partial charge on any atom is 0.261 e. The molecule has 3 aromatic carbocycles. The second-order valence-corrected chi connectivity index (χ2v) is 10.4. The lowest BCUT2D eigenvalue weighted by Crippen LogP contribution is -2.52. The van der Waals surface area contributed by atoms with Crippen LogP contribution < -0.4 is 10.1 Å². The summed E-state index contributed by atoms with van der Waals surface area (Å²) in [5.74, 6) is 0.376. The number of halogens is 2. The van der Waals surface area contributed by atoms with Crippen molar-refractivity contribution in [2.45, 2.75) is 46.7 Å². The van der Waals surface area contributed by atoms with Gasteiger partial charge in [-0.15, -0.1) is 0 Å². The largest absolute Gasteiger partial charge is 0.483 e. The van der Waals surface area contributed by atoms with E-state index in [4.69, 9.17) is 27.9 Å². The smallest absolute Gasteiger partial charge is 0.261 e. The highest BCUT2D eigenvalue weighted by molar-refractivity contribution is 6.35. The Kier molecular flexibility index (Phi) is 10.4. The number of amides is 2. The van der Waals surface area contributed by atoms with E-state index in [0.29, 0.717) is 34.3 Å². The van der Waals surface area contributed by atoms with E-state index >= 15 is 0 Å². The van der Waals surface area contributed by atoms with Crippen molar-refractivity contribution in [3.05, 3.63) is 99.0 Å². The fraction of sp³-hybridized carbons (Fsp3) is 0.333. The summed E-state index contributed by atoms with van der Waals surface area (Å²) in [6, 6.07) is 19.8. The van der Waals surface area contributed by atoms with Crippen LogP contribution >= 0.6 is 23.2 Å². The van der Waals surface area contributed by atoms with Crippen molar-refractivity contribution in [1.29, 1.82) is 0 Å². The van der Waals surface area contributed by atoms with E-state index < -0.39 is 6.04 Å². The molecule has 0 radical (unpaired) electrons. The van der Waals surface area contributed by atoms with Crippen LogP contribution in [0.5, 0.6) is 5.75 Å². The topological polar surface area (TPSA) is 58.6 Å². The van der Waals surface area contributed by atoms with E-state index in [0.717, 1.165) is 16.7 Å². The van der Waals surface area contributed by atoms with Gasteiger partial charge in [0.05, 0.1) is 0 Å². The molecule has 0 bridgehead atoms. The van der Waals surface area contributed by atoms with Crippen LogP contribution in [0, 0.1) is 19.8 Å². The van der Waals surface area contributed by atoms with Gasteiger partial charge in [0.15, 0.2) is 6.61 Å². The first kappa shape index (κ1) is 28.5. The number of carbonyl (C=O) groups excluding carboxylic acids is 2. The van der Waals surface area contributed by atoms with E-state index in [2.05, 4.69) is 5.32 Å². The van der Waals surface area contributed by atoms with Gasteiger partial charge < -0.3 is 15.0 Å². The minimum Gasteiger partial charge on any atom is -0.483 e. The molecule has 1 N–H and O–H groups in total. The lowest BCUT2D eigenvalue weighted by atomic mass is 10.0. The molecular weight excluding hydrogens is 507 g/mol. The minimum atomic E-state index is -0.761. The molecule has 0 fully saturated rings. The number of ether oxygens (including phenoxy) is 1. The lowest BCUT2D eigenvalue weighted by molar-refractivity contribution is -0.142. The summed E-state index contributed by atoms with van der Waals surface area (Å²) in [7, 11) is 0. The van der Waals surface area contributed by atoms with Crippen molar-refractivity contribution in [2.75, 3.05) is 13.2 Å². The molecule has 0 saturated carbocycles. The van der Waals surface area contributed by atoms with Gasteiger partial charge in [0.2, 0.25) is 5.91 Å². The highest BCUT2D eigenvalue weighted by Gasteiger charge is 2.31. The van der Waals surface area contributed by atoms with Gasteiger partial charge in [0, 0.05) is 29.6 Å². The van der Waals surface area contributed by atoms with E-state index in [9.17, 15) is 9.59 Å². The van der Waals surface area contributed by atoms with Gasteiger partial charge in [-0.05, 0) is 60.2 Å². The van der Waals surface area contributed by atoms with Crippen LogP contribution in [0.1, 0.15) is 36.1 Å². The number of aryl methyl sites for hydroxylation is 1. The Hall–Kier alpha value is -3.02. The normalized spacial score (nSPS) is 11.8. The zero-order valence-corrected chi connectivity index (χ0v) is 23.3. The lowest BCUT2D eigenvalue weighted by Gasteiger charge is -2.32. The van der Waals surface area contributed by atoms with Gasteiger partial charge in [-0.3, -0.25) is 9.59 Å². The number of rotatable bonds is 11. The minimum absolute atomic E-state index is 0.137. The molecule has 7 heteroatoms. The molecule has 0 aromatic heterocycles. The first-order valence-electron chi connectivity index (χ1n) is 12.4. The molecule has 0 unspecified atom stereocenters. The second kappa shape index (κ2) is 13.5. The Morgan fingerprint density at radius 3 is 2.38 bits per heavy atom. The van der Waals surface area contributed by atoms with Crippen LogP contribution in [0.4, 0.5) is 0 Å². The maximum absolute atomic E-state index is 13.7. The molecule has 0 aliphatic heterocycles. The van der Waals surface area contributed by atoms with Crippen LogP contribution in [0.15, 0.2) is 66.7 Å². The Labute approximate surface area is 229 Å². The Balaban J connectivity index is 1.95. The van der Waals surface area contributed by atoms with Crippen molar-refractivity contribution >= 4 is 35.0 Å². The molecule has 0 saturated heterocycles. The van der Waals surface area contributed by atoms with Gasteiger partial charge >= 0.3 is 0 Å². The van der Waals surface area contributed by atoms with Gasteiger partial charge in [-0.2, -0.15) is 0 Å². The van der Waals surface area contributed by atoms with Crippen LogP contribution in [-0.2, 0) is 22.6 Å². The monoisotopic (exact) mass is 540 g/mol. The van der Waals surface area contributed by atoms with E-state index in [1.807, 2.05) is 76.2 Å². The van der Waals surface area contributed by atoms with Gasteiger partial charge in [0.25, 0.3) is 5.91 Å². The summed E-state index contributed by atoms with van der Waals surface area (Å²) in [6.07, 6.45) is 0.352. The van der Waals surface area contributed by atoms with E-state index in [1.165, 1.54) is 0 Å². The molecule has 0 aliphatic rings. The summed E-state index contributed by atoms with van der Waals surface area (Å²) in [6.45, 7) is 8.44. The Morgan fingerprint density at radius 1 is 0.973 bits per heavy atom. The van der Waals surface area contributed by atoms with Gasteiger partial charge in [-0.1, -0.05) is 85.6 Å². The molecule has 3 rings (SSSR count). The zero-order valence-electron chi connectivity index (χ0n) is 21.8. The van der Waals surface area contributed by atoms with Gasteiger partial charge in [0.1, 0.15) is 11.8 Å². The molecule has 0 spiro atoms. The fourth-order valence-electron chi connectivity index (χ4n) is 3.91. The third-order valence-corrected chi connectivity index (χ3v) is 6.80. The average Bonchev–Trinajstić information content (AvgIpc) is 2.87. The van der Waals surface area contributed by atoms with Crippen molar-refractivity contribution in [3.8, 4) is 5.75 Å². The third kappa shape index (κ3) is 8.24. The number of hydrogen-bond donors (Lipinski definition) is 1. The van der Waals surface area contributed by atoms with Crippen LogP contribution in [-0.4, -0.2) is 35.9 Å². The highest BCUT2D eigenvalue weighted by atomic mass is 35.5. The summed E-state index contributed by atoms with van der Waals surface area (Å²) >= 11 is 12.6. The standard InChI is InChI=1S/C30H34Cl2N2O3/c1-20(2)17-33-30(36)27(15-23-10-6-5-7-11-23)34(18-24-13-14-25(31)16-26(24)32)29(35)19-37-28-12-8-9-21(3)22(28)4/h5-14,16,20,27H,15,17-19H2,1-4H3,(H,33,36)/t27-/m0/s1. The molecule has 0 heterocycles. The van der Waals surface area contributed by atoms with Crippen molar-refractivity contribution in [1.82, 2.24) is 10.2 Å². The van der Waals surface area contributed by atoms with Crippen LogP contribution in [0.25, 0.3) is 0 Å².